The lowest BCUT2D eigenvalue weighted by atomic mass is 9.95. The number of methoxy groups -OCH3 is 1. The van der Waals surface area contributed by atoms with Crippen molar-refractivity contribution in [1.82, 2.24) is 14.3 Å². The molecule has 1 aromatic carbocycles. The second-order valence-corrected chi connectivity index (χ2v) is 9.52. The Morgan fingerprint density at radius 1 is 1.10 bits per heavy atom. The number of pyridine rings is 2. The van der Waals surface area contributed by atoms with Gasteiger partial charge in [-0.3, -0.25) is 4.98 Å². The van der Waals surface area contributed by atoms with Gasteiger partial charge < -0.3 is 10.1 Å². The Hall–Kier alpha value is -2.97. The number of anilines is 2. The number of piperidine rings is 1. The van der Waals surface area contributed by atoms with Crippen LogP contribution in [-0.2, 0) is 10.0 Å². The van der Waals surface area contributed by atoms with E-state index in [9.17, 15) is 8.42 Å². The largest absolute Gasteiger partial charge is 0.495 e. The summed E-state index contributed by atoms with van der Waals surface area (Å²) in [5.74, 6) is 1.17. The van der Waals surface area contributed by atoms with Crippen molar-refractivity contribution in [3.8, 4) is 5.75 Å². The molecule has 2 aromatic heterocycles. The molecule has 1 atom stereocenters. The molecule has 0 spiro atoms. The number of nitrogens with zero attached hydrogens (tertiary/aromatic N) is 3. The van der Waals surface area contributed by atoms with Crippen molar-refractivity contribution in [1.29, 1.82) is 0 Å². The van der Waals surface area contributed by atoms with E-state index in [2.05, 4.69) is 15.3 Å². The molecule has 0 saturated carbocycles. The summed E-state index contributed by atoms with van der Waals surface area (Å²) in [6.07, 6.45) is 3.46. The van der Waals surface area contributed by atoms with Crippen LogP contribution in [0.4, 0.5) is 11.5 Å². The van der Waals surface area contributed by atoms with Crippen LogP contribution in [0.3, 0.4) is 0 Å². The molecule has 7 nitrogen and oxygen atoms in total. The highest BCUT2D eigenvalue weighted by molar-refractivity contribution is 7.89. The van der Waals surface area contributed by atoms with Crippen molar-refractivity contribution in [2.24, 2.45) is 0 Å². The monoisotopic (exact) mass is 438 g/mol. The summed E-state index contributed by atoms with van der Waals surface area (Å²) in [7, 11) is -2.15. The molecular weight excluding hydrogens is 412 g/mol. The Balaban J connectivity index is 1.49. The number of aryl methyl sites for hydroxylation is 1. The molecule has 1 N–H and O–H groups in total. The molecule has 1 saturated heterocycles. The lowest BCUT2D eigenvalue weighted by molar-refractivity contribution is 0.310. The fraction of sp³-hybridized carbons (Fsp3) is 0.304. The third-order valence-corrected chi connectivity index (χ3v) is 7.34. The molecule has 0 radical (unpaired) electrons. The zero-order valence-corrected chi connectivity index (χ0v) is 18.5. The van der Waals surface area contributed by atoms with E-state index >= 15 is 0 Å². The number of para-hydroxylation sites is 1. The van der Waals surface area contributed by atoms with Gasteiger partial charge in [-0.15, -0.1) is 0 Å². The summed E-state index contributed by atoms with van der Waals surface area (Å²) in [6, 6.07) is 16.5. The molecule has 0 aliphatic carbocycles. The van der Waals surface area contributed by atoms with Crippen molar-refractivity contribution >= 4 is 21.5 Å². The maximum absolute atomic E-state index is 13.2. The zero-order chi connectivity index (χ0) is 21.8. The Bertz CT molecular complexity index is 1150. The minimum absolute atomic E-state index is 0.0457. The van der Waals surface area contributed by atoms with Crippen LogP contribution in [0.2, 0.25) is 0 Å². The molecular formula is C23H26N4O3S. The fourth-order valence-corrected chi connectivity index (χ4v) is 5.53. The molecule has 31 heavy (non-hydrogen) atoms. The van der Waals surface area contributed by atoms with Gasteiger partial charge in [-0.2, -0.15) is 4.31 Å². The first-order valence-corrected chi connectivity index (χ1v) is 11.7. The average molecular weight is 439 g/mol. The van der Waals surface area contributed by atoms with Gasteiger partial charge in [0.2, 0.25) is 10.0 Å². The predicted molar refractivity (Wildman–Crippen MR) is 120 cm³/mol. The van der Waals surface area contributed by atoms with Crippen molar-refractivity contribution in [2.45, 2.75) is 30.6 Å². The summed E-state index contributed by atoms with van der Waals surface area (Å²) >= 11 is 0. The molecule has 0 amide bonds. The molecule has 3 aromatic rings. The van der Waals surface area contributed by atoms with E-state index < -0.39 is 10.0 Å². The van der Waals surface area contributed by atoms with E-state index in [-0.39, 0.29) is 10.8 Å². The second kappa shape index (κ2) is 9.03. The zero-order valence-electron chi connectivity index (χ0n) is 17.7. The number of rotatable bonds is 6. The van der Waals surface area contributed by atoms with Crippen molar-refractivity contribution in [3.05, 3.63) is 72.2 Å². The highest BCUT2D eigenvalue weighted by Gasteiger charge is 2.33. The van der Waals surface area contributed by atoms with E-state index in [0.29, 0.717) is 18.8 Å². The van der Waals surface area contributed by atoms with Gasteiger partial charge in [-0.1, -0.05) is 18.2 Å². The van der Waals surface area contributed by atoms with Gasteiger partial charge in [0.05, 0.1) is 19.0 Å². The number of aromatic nitrogens is 2. The lowest BCUT2D eigenvalue weighted by Gasteiger charge is -2.32. The molecule has 8 heteroatoms. The van der Waals surface area contributed by atoms with Crippen LogP contribution in [0.15, 0.2) is 65.7 Å². The van der Waals surface area contributed by atoms with Crippen molar-refractivity contribution < 1.29 is 13.2 Å². The Kier molecular flexibility index (Phi) is 6.20. The summed E-state index contributed by atoms with van der Waals surface area (Å²) in [5, 5.41) is 3.25. The average Bonchev–Trinajstić information content (AvgIpc) is 2.79. The van der Waals surface area contributed by atoms with Gasteiger partial charge >= 0.3 is 0 Å². The van der Waals surface area contributed by atoms with Crippen molar-refractivity contribution in [2.75, 3.05) is 25.5 Å². The Morgan fingerprint density at radius 3 is 2.68 bits per heavy atom. The highest BCUT2D eigenvalue weighted by Crippen LogP contribution is 2.32. The van der Waals surface area contributed by atoms with E-state index in [4.69, 9.17) is 4.74 Å². The maximum Gasteiger partial charge on any atom is 0.246 e. The normalized spacial score (nSPS) is 17.3. The highest BCUT2D eigenvalue weighted by atomic mass is 32.2. The quantitative estimate of drug-likeness (QED) is 0.624. The number of benzene rings is 1. The molecule has 0 unspecified atom stereocenters. The van der Waals surface area contributed by atoms with Crippen LogP contribution >= 0.6 is 0 Å². The standard InChI is InChI=1S/C23H26N4O3S/c1-17-7-5-11-23(25-17)26-19-12-13-20(24-15-19)18-8-6-14-27(16-18)31(28,29)22-10-4-3-9-21(22)30-2/h3-5,7,9-13,15,18H,6,8,14,16H2,1-2H3,(H,25,26)/t18-/m1/s1. The smallest absolute Gasteiger partial charge is 0.246 e. The Labute approximate surface area is 183 Å². The van der Waals surface area contributed by atoms with E-state index in [1.54, 1.807) is 34.8 Å². The molecule has 162 valence electrons. The van der Waals surface area contributed by atoms with Gasteiger partial charge in [0.15, 0.2) is 0 Å². The van der Waals surface area contributed by atoms with E-state index in [0.717, 1.165) is 35.7 Å². The van der Waals surface area contributed by atoms with Crippen LogP contribution in [0, 0.1) is 6.92 Å². The molecule has 1 aliphatic heterocycles. The fourth-order valence-electron chi connectivity index (χ4n) is 3.85. The van der Waals surface area contributed by atoms with E-state index in [1.807, 2.05) is 37.3 Å². The number of hydrogen-bond acceptors (Lipinski definition) is 6. The number of ether oxygens (including phenoxy) is 1. The number of sulfonamides is 1. The number of nitrogens with one attached hydrogen (secondary N) is 1. The minimum Gasteiger partial charge on any atom is -0.495 e. The minimum atomic E-state index is -3.64. The van der Waals surface area contributed by atoms with Gasteiger partial charge in [-0.25, -0.2) is 13.4 Å². The van der Waals surface area contributed by atoms with Gasteiger partial charge in [0.1, 0.15) is 16.5 Å². The lowest BCUT2D eigenvalue weighted by Crippen LogP contribution is -2.39. The summed E-state index contributed by atoms with van der Waals surface area (Å²) < 4.78 is 33.3. The van der Waals surface area contributed by atoms with Gasteiger partial charge in [0.25, 0.3) is 0 Å². The van der Waals surface area contributed by atoms with Crippen molar-refractivity contribution in [3.63, 3.8) is 0 Å². The molecule has 1 fully saturated rings. The first kappa shape index (κ1) is 21.3. The SMILES string of the molecule is COc1ccccc1S(=O)(=O)N1CCC[C@@H](c2ccc(Nc3cccc(C)n3)cn2)C1. The van der Waals surface area contributed by atoms with Crippen LogP contribution in [0.25, 0.3) is 0 Å². The summed E-state index contributed by atoms with van der Waals surface area (Å²) in [5.41, 5.74) is 2.67. The van der Waals surface area contributed by atoms with Crippen LogP contribution in [0.1, 0.15) is 30.1 Å². The molecule has 3 heterocycles. The predicted octanol–water partition coefficient (Wildman–Crippen LogP) is 4.11. The third kappa shape index (κ3) is 4.70. The second-order valence-electron chi connectivity index (χ2n) is 7.61. The van der Waals surface area contributed by atoms with Gasteiger partial charge in [-0.05, 0) is 56.2 Å². The van der Waals surface area contributed by atoms with E-state index in [1.165, 1.54) is 7.11 Å². The third-order valence-electron chi connectivity index (χ3n) is 5.44. The Morgan fingerprint density at radius 2 is 1.94 bits per heavy atom. The molecule has 1 aliphatic rings. The summed E-state index contributed by atoms with van der Waals surface area (Å²) in [4.78, 5) is 9.25. The van der Waals surface area contributed by atoms with Crippen LogP contribution in [-0.4, -0.2) is 42.9 Å². The van der Waals surface area contributed by atoms with Crippen LogP contribution in [0.5, 0.6) is 5.75 Å². The molecule has 4 rings (SSSR count). The summed E-state index contributed by atoms with van der Waals surface area (Å²) in [6.45, 7) is 2.84. The first-order valence-electron chi connectivity index (χ1n) is 10.3. The first-order chi connectivity index (χ1) is 15.0. The van der Waals surface area contributed by atoms with Crippen LogP contribution < -0.4 is 10.1 Å². The maximum atomic E-state index is 13.2. The number of hydrogen-bond donors (Lipinski definition) is 1. The van der Waals surface area contributed by atoms with Gasteiger partial charge in [0, 0.05) is 30.4 Å². The molecule has 0 bridgehead atoms. The topological polar surface area (TPSA) is 84.4 Å².